The number of thioether (sulfide) groups is 1. The van der Waals surface area contributed by atoms with Crippen molar-refractivity contribution in [3.63, 3.8) is 0 Å². The zero-order chi connectivity index (χ0) is 14.7. The molecule has 0 unspecified atom stereocenters. The molecule has 0 spiro atoms. The Hall–Kier alpha value is -1.87. The molecule has 1 aliphatic carbocycles. The van der Waals surface area contributed by atoms with Crippen molar-refractivity contribution in [2.45, 2.75) is 24.0 Å². The maximum absolute atomic E-state index is 5.42. The lowest BCUT2D eigenvalue weighted by Gasteiger charge is -2.40. The van der Waals surface area contributed by atoms with Gasteiger partial charge in [-0.1, -0.05) is 6.42 Å². The third kappa shape index (κ3) is 2.93. The van der Waals surface area contributed by atoms with E-state index in [0.29, 0.717) is 22.6 Å². The van der Waals surface area contributed by atoms with Crippen LogP contribution >= 0.6 is 11.8 Å². The number of anilines is 2. The topological polar surface area (TPSA) is 107 Å². The van der Waals surface area contributed by atoms with Crippen molar-refractivity contribution in [3.8, 4) is 5.95 Å². The molecule has 2 heterocycles. The molecule has 2 aromatic heterocycles. The number of rotatable bonds is 6. The van der Waals surface area contributed by atoms with Gasteiger partial charge in [0.25, 0.3) is 5.95 Å². The standard InChI is InChI=1S/C12H18N8S/c1-21-12(4-2-5-12)8-14-9-16-10(19-13)18-11(17-9)20-7-3-6-15-20/h3,6-7H,2,4-5,8,13H2,1H3,(H2,14,16,17,18,19). The normalized spacial score (nSPS) is 16.3. The summed E-state index contributed by atoms with van der Waals surface area (Å²) in [5, 5.41) is 7.41. The van der Waals surface area contributed by atoms with Crippen molar-refractivity contribution in [2.24, 2.45) is 5.84 Å². The Kier molecular flexibility index (Phi) is 3.93. The summed E-state index contributed by atoms with van der Waals surface area (Å²) in [4.78, 5) is 12.8. The number of nitrogens with two attached hydrogens (primary N) is 1. The molecule has 0 aromatic carbocycles. The molecule has 9 heteroatoms. The van der Waals surface area contributed by atoms with Gasteiger partial charge in [0.05, 0.1) is 0 Å². The second-order valence-electron chi connectivity index (χ2n) is 4.97. The molecular formula is C12H18N8S. The lowest BCUT2D eigenvalue weighted by atomic mass is 9.84. The molecule has 0 atom stereocenters. The highest BCUT2D eigenvalue weighted by molar-refractivity contribution is 8.00. The molecule has 1 fully saturated rings. The van der Waals surface area contributed by atoms with Gasteiger partial charge in [-0.3, -0.25) is 5.43 Å². The van der Waals surface area contributed by atoms with Crippen LogP contribution in [0, 0.1) is 0 Å². The van der Waals surface area contributed by atoms with E-state index in [-0.39, 0.29) is 0 Å². The Labute approximate surface area is 126 Å². The number of nitrogens with one attached hydrogen (secondary N) is 2. The highest BCUT2D eigenvalue weighted by Gasteiger charge is 2.36. The molecule has 0 amide bonds. The van der Waals surface area contributed by atoms with Crippen molar-refractivity contribution in [2.75, 3.05) is 23.5 Å². The summed E-state index contributed by atoms with van der Waals surface area (Å²) in [7, 11) is 0. The Balaban J connectivity index is 1.79. The van der Waals surface area contributed by atoms with Crippen LogP contribution in [0.25, 0.3) is 5.95 Å². The summed E-state index contributed by atoms with van der Waals surface area (Å²) in [6, 6.07) is 1.81. The summed E-state index contributed by atoms with van der Waals surface area (Å²) in [5.41, 5.74) is 2.46. The first-order valence-corrected chi connectivity index (χ1v) is 7.99. The second-order valence-corrected chi connectivity index (χ2v) is 6.25. The first-order chi connectivity index (χ1) is 10.2. The third-order valence-corrected chi connectivity index (χ3v) is 5.15. The van der Waals surface area contributed by atoms with E-state index in [4.69, 9.17) is 5.84 Å². The summed E-state index contributed by atoms with van der Waals surface area (Å²) in [5.74, 6) is 6.66. The fourth-order valence-electron chi connectivity index (χ4n) is 2.26. The van der Waals surface area contributed by atoms with E-state index in [2.05, 4.69) is 37.0 Å². The maximum Gasteiger partial charge on any atom is 0.257 e. The lowest BCUT2D eigenvalue weighted by molar-refractivity contribution is 0.379. The number of hydrogen-bond acceptors (Lipinski definition) is 8. The van der Waals surface area contributed by atoms with Crippen LogP contribution in [0.5, 0.6) is 0 Å². The molecule has 8 nitrogen and oxygen atoms in total. The molecule has 1 saturated carbocycles. The van der Waals surface area contributed by atoms with E-state index in [9.17, 15) is 0 Å². The van der Waals surface area contributed by atoms with Crippen LogP contribution in [0.2, 0.25) is 0 Å². The van der Waals surface area contributed by atoms with Gasteiger partial charge in [-0.05, 0) is 25.2 Å². The van der Waals surface area contributed by atoms with E-state index >= 15 is 0 Å². The molecule has 0 bridgehead atoms. The fourth-order valence-corrected chi connectivity index (χ4v) is 3.18. The number of aromatic nitrogens is 5. The Morgan fingerprint density at radius 3 is 2.71 bits per heavy atom. The zero-order valence-electron chi connectivity index (χ0n) is 11.8. The highest BCUT2D eigenvalue weighted by Crippen LogP contribution is 2.42. The molecule has 0 saturated heterocycles. The van der Waals surface area contributed by atoms with E-state index < -0.39 is 0 Å². The molecule has 0 aliphatic heterocycles. The predicted molar refractivity (Wildman–Crippen MR) is 83.3 cm³/mol. The average Bonchev–Trinajstić information content (AvgIpc) is 3.00. The smallest absolute Gasteiger partial charge is 0.257 e. The van der Waals surface area contributed by atoms with E-state index in [1.807, 2.05) is 17.8 Å². The van der Waals surface area contributed by atoms with Crippen LogP contribution in [0.4, 0.5) is 11.9 Å². The van der Waals surface area contributed by atoms with Gasteiger partial charge in [-0.25, -0.2) is 10.5 Å². The molecule has 2 aromatic rings. The minimum atomic E-state index is 0.300. The molecule has 1 aliphatic rings. The van der Waals surface area contributed by atoms with Crippen LogP contribution < -0.4 is 16.6 Å². The number of hydrazine groups is 1. The molecule has 4 N–H and O–H groups in total. The molecule has 112 valence electrons. The van der Waals surface area contributed by atoms with Crippen molar-refractivity contribution in [1.29, 1.82) is 0 Å². The van der Waals surface area contributed by atoms with Gasteiger partial charge in [-0.15, -0.1) is 0 Å². The van der Waals surface area contributed by atoms with Crippen molar-refractivity contribution < 1.29 is 0 Å². The van der Waals surface area contributed by atoms with Gasteiger partial charge >= 0.3 is 0 Å². The molecule has 21 heavy (non-hydrogen) atoms. The zero-order valence-corrected chi connectivity index (χ0v) is 12.6. The van der Waals surface area contributed by atoms with E-state index in [0.717, 1.165) is 6.54 Å². The number of hydrogen-bond donors (Lipinski definition) is 3. The third-order valence-electron chi connectivity index (χ3n) is 3.73. The van der Waals surface area contributed by atoms with Gasteiger partial charge in [-0.2, -0.15) is 31.8 Å². The second kappa shape index (κ2) is 5.86. The number of nitrogens with zero attached hydrogens (tertiary/aromatic N) is 5. The lowest BCUT2D eigenvalue weighted by Crippen LogP contribution is -2.40. The summed E-state index contributed by atoms with van der Waals surface area (Å²) in [6.45, 7) is 0.834. The van der Waals surface area contributed by atoms with Crippen LogP contribution in [0.3, 0.4) is 0 Å². The fraction of sp³-hybridized carbons (Fsp3) is 0.500. The van der Waals surface area contributed by atoms with Gasteiger partial charge < -0.3 is 5.32 Å². The van der Waals surface area contributed by atoms with E-state index in [1.54, 1.807) is 17.1 Å². The van der Waals surface area contributed by atoms with Crippen LogP contribution in [-0.2, 0) is 0 Å². The molecule has 0 radical (unpaired) electrons. The summed E-state index contributed by atoms with van der Waals surface area (Å²) in [6.07, 6.45) is 9.32. The first kappa shape index (κ1) is 14.1. The predicted octanol–water partition coefficient (Wildman–Crippen LogP) is 1.04. The Morgan fingerprint density at radius 1 is 1.33 bits per heavy atom. The van der Waals surface area contributed by atoms with Crippen molar-refractivity contribution in [3.05, 3.63) is 18.5 Å². The van der Waals surface area contributed by atoms with Gasteiger partial charge in [0.1, 0.15) is 0 Å². The van der Waals surface area contributed by atoms with Crippen LogP contribution in [0.1, 0.15) is 19.3 Å². The van der Waals surface area contributed by atoms with Crippen molar-refractivity contribution >= 4 is 23.7 Å². The highest BCUT2D eigenvalue weighted by atomic mass is 32.2. The average molecular weight is 306 g/mol. The van der Waals surface area contributed by atoms with Gasteiger partial charge in [0.15, 0.2) is 0 Å². The maximum atomic E-state index is 5.42. The summed E-state index contributed by atoms with van der Waals surface area (Å²) >= 11 is 1.90. The van der Waals surface area contributed by atoms with Gasteiger partial charge in [0, 0.05) is 23.7 Å². The van der Waals surface area contributed by atoms with Gasteiger partial charge in [0.2, 0.25) is 11.9 Å². The monoisotopic (exact) mass is 306 g/mol. The number of nitrogen functional groups attached to an aromatic ring is 1. The molecular weight excluding hydrogens is 288 g/mol. The SMILES string of the molecule is CSC1(CNc2nc(NN)nc(-n3cccn3)n2)CCC1. The first-order valence-electron chi connectivity index (χ1n) is 6.76. The largest absolute Gasteiger partial charge is 0.353 e. The quantitative estimate of drug-likeness (QED) is 0.537. The Morgan fingerprint density at radius 2 is 2.14 bits per heavy atom. The van der Waals surface area contributed by atoms with E-state index in [1.165, 1.54) is 19.3 Å². The van der Waals surface area contributed by atoms with Crippen LogP contribution in [-0.4, -0.2) is 42.3 Å². The molecule has 3 rings (SSSR count). The minimum Gasteiger partial charge on any atom is -0.353 e. The Bertz CT molecular complexity index is 590. The summed E-state index contributed by atoms with van der Waals surface area (Å²) < 4.78 is 1.87. The minimum absolute atomic E-state index is 0.300. The van der Waals surface area contributed by atoms with Crippen molar-refractivity contribution in [1.82, 2.24) is 24.7 Å². The van der Waals surface area contributed by atoms with Crippen LogP contribution in [0.15, 0.2) is 18.5 Å².